The lowest BCUT2D eigenvalue weighted by Crippen LogP contribution is -2.17. The van der Waals surface area contributed by atoms with E-state index in [0.717, 1.165) is 17.3 Å². The molecule has 1 aromatic heterocycles. The first kappa shape index (κ1) is 17.8. The molecule has 0 unspecified atom stereocenters. The molecular formula is C16H20F3N5. The maximum Gasteiger partial charge on any atom is 0.433 e. The molecule has 0 aliphatic carbocycles. The molecule has 0 spiro atoms. The number of anilines is 3. The van der Waals surface area contributed by atoms with Gasteiger partial charge in [-0.25, -0.2) is 4.98 Å². The van der Waals surface area contributed by atoms with Crippen molar-refractivity contribution in [3.8, 4) is 0 Å². The summed E-state index contributed by atoms with van der Waals surface area (Å²) in [4.78, 5) is 11.1. The van der Waals surface area contributed by atoms with Gasteiger partial charge >= 0.3 is 6.18 Å². The number of hydrogen-bond donors (Lipinski definition) is 1. The van der Waals surface area contributed by atoms with Gasteiger partial charge in [0.2, 0.25) is 5.95 Å². The molecule has 5 nitrogen and oxygen atoms in total. The van der Waals surface area contributed by atoms with Crippen LogP contribution in [0.5, 0.6) is 0 Å². The Hall–Kier alpha value is -2.51. The normalized spacial score (nSPS) is 11.3. The second-order valence-corrected chi connectivity index (χ2v) is 5.75. The third-order valence-corrected chi connectivity index (χ3v) is 3.34. The maximum absolute atomic E-state index is 13.0. The van der Waals surface area contributed by atoms with E-state index in [1.165, 1.54) is 4.90 Å². The van der Waals surface area contributed by atoms with E-state index in [2.05, 4.69) is 15.3 Å². The van der Waals surface area contributed by atoms with E-state index in [0.29, 0.717) is 6.54 Å². The highest BCUT2D eigenvalue weighted by atomic mass is 19.4. The van der Waals surface area contributed by atoms with Gasteiger partial charge in [0.1, 0.15) is 5.82 Å². The third kappa shape index (κ3) is 4.50. The molecule has 0 atom stereocenters. The van der Waals surface area contributed by atoms with Gasteiger partial charge in [-0.2, -0.15) is 18.2 Å². The van der Waals surface area contributed by atoms with Gasteiger partial charge in [-0.3, -0.25) is 0 Å². The molecule has 0 aliphatic rings. The van der Waals surface area contributed by atoms with Crippen molar-refractivity contribution in [3.63, 3.8) is 0 Å². The van der Waals surface area contributed by atoms with Crippen LogP contribution in [0.25, 0.3) is 0 Å². The molecule has 0 amide bonds. The molecule has 2 rings (SSSR count). The molecular weight excluding hydrogens is 319 g/mol. The number of benzene rings is 1. The summed E-state index contributed by atoms with van der Waals surface area (Å²) in [5, 5.41) is 2.87. The van der Waals surface area contributed by atoms with Crippen LogP contribution in [0.15, 0.2) is 30.3 Å². The molecule has 2 aromatic rings. The molecule has 24 heavy (non-hydrogen) atoms. The van der Waals surface area contributed by atoms with E-state index < -0.39 is 11.9 Å². The van der Waals surface area contributed by atoms with E-state index in [-0.39, 0.29) is 11.8 Å². The first-order chi connectivity index (χ1) is 11.2. The van der Waals surface area contributed by atoms with Crippen molar-refractivity contribution in [3.05, 3.63) is 41.6 Å². The summed E-state index contributed by atoms with van der Waals surface area (Å²) in [5.41, 5.74) is 0.965. The van der Waals surface area contributed by atoms with Crippen LogP contribution < -0.4 is 15.1 Å². The number of halogens is 3. The van der Waals surface area contributed by atoms with E-state index in [4.69, 9.17) is 0 Å². The second kappa shape index (κ2) is 6.94. The summed E-state index contributed by atoms with van der Waals surface area (Å²) < 4.78 is 38.9. The molecule has 1 N–H and O–H groups in total. The Balaban J connectivity index is 2.23. The zero-order valence-corrected chi connectivity index (χ0v) is 14.0. The Labute approximate surface area is 139 Å². The van der Waals surface area contributed by atoms with Gasteiger partial charge in [0.05, 0.1) is 0 Å². The minimum absolute atomic E-state index is 0.0521. The van der Waals surface area contributed by atoms with E-state index in [9.17, 15) is 13.2 Å². The monoisotopic (exact) mass is 339 g/mol. The Morgan fingerprint density at radius 2 is 1.71 bits per heavy atom. The molecule has 0 radical (unpaired) electrons. The summed E-state index contributed by atoms with van der Waals surface area (Å²) in [6, 6.07) is 8.62. The molecule has 1 aromatic carbocycles. The summed E-state index contributed by atoms with van der Waals surface area (Å²) in [7, 11) is 7.11. The minimum Gasteiger partial charge on any atom is -0.378 e. The molecule has 8 heteroatoms. The van der Waals surface area contributed by atoms with Gasteiger partial charge in [0, 0.05) is 46.5 Å². The van der Waals surface area contributed by atoms with E-state index in [1.807, 2.05) is 43.3 Å². The van der Waals surface area contributed by atoms with Crippen LogP contribution in [-0.2, 0) is 12.7 Å². The van der Waals surface area contributed by atoms with Crippen LogP contribution in [0.4, 0.5) is 30.6 Å². The number of nitrogens with one attached hydrogen (secondary N) is 1. The van der Waals surface area contributed by atoms with Gasteiger partial charge in [-0.05, 0) is 17.7 Å². The van der Waals surface area contributed by atoms with Crippen molar-refractivity contribution in [1.29, 1.82) is 0 Å². The van der Waals surface area contributed by atoms with E-state index in [1.54, 1.807) is 14.1 Å². The Bertz CT molecular complexity index is 698. The summed E-state index contributed by atoms with van der Waals surface area (Å²) in [6.07, 6.45) is -4.52. The summed E-state index contributed by atoms with van der Waals surface area (Å²) in [6.45, 7) is 0.329. The number of rotatable bonds is 5. The molecule has 0 aliphatic heterocycles. The van der Waals surface area contributed by atoms with Gasteiger partial charge < -0.3 is 15.1 Å². The fourth-order valence-electron chi connectivity index (χ4n) is 2.01. The number of aromatic nitrogens is 2. The van der Waals surface area contributed by atoms with Crippen molar-refractivity contribution in [1.82, 2.24) is 9.97 Å². The molecule has 1 heterocycles. The lowest BCUT2D eigenvalue weighted by Gasteiger charge is -2.16. The molecule has 0 saturated carbocycles. The smallest absolute Gasteiger partial charge is 0.378 e. The number of nitrogens with zero attached hydrogens (tertiary/aromatic N) is 4. The Morgan fingerprint density at radius 3 is 2.29 bits per heavy atom. The van der Waals surface area contributed by atoms with Crippen LogP contribution in [0.3, 0.4) is 0 Å². The fourth-order valence-corrected chi connectivity index (χ4v) is 2.01. The second-order valence-electron chi connectivity index (χ2n) is 5.75. The fraction of sp³-hybridized carbons (Fsp3) is 0.375. The average Bonchev–Trinajstić information content (AvgIpc) is 2.52. The zero-order valence-electron chi connectivity index (χ0n) is 14.0. The van der Waals surface area contributed by atoms with Crippen LogP contribution in [0.1, 0.15) is 11.3 Å². The highest BCUT2D eigenvalue weighted by Gasteiger charge is 2.34. The minimum atomic E-state index is -4.52. The van der Waals surface area contributed by atoms with Gasteiger partial charge in [0.15, 0.2) is 5.69 Å². The largest absolute Gasteiger partial charge is 0.433 e. The Morgan fingerprint density at radius 1 is 1.00 bits per heavy atom. The zero-order chi connectivity index (χ0) is 17.9. The van der Waals surface area contributed by atoms with Crippen LogP contribution >= 0.6 is 0 Å². The maximum atomic E-state index is 13.0. The van der Waals surface area contributed by atoms with Gasteiger partial charge in [-0.1, -0.05) is 12.1 Å². The average molecular weight is 339 g/mol. The number of hydrogen-bond acceptors (Lipinski definition) is 5. The van der Waals surface area contributed by atoms with Crippen molar-refractivity contribution in [2.75, 3.05) is 43.3 Å². The van der Waals surface area contributed by atoms with Crippen molar-refractivity contribution >= 4 is 17.5 Å². The molecule has 130 valence electrons. The quantitative estimate of drug-likeness (QED) is 0.906. The number of alkyl halides is 3. The van der Waals surface area contributed by atoms with Crippen LogP contribution in [-0.4, -0.2) is 38.2 Å². The van der Waals surface area contributed by atoms with Crippen molar-refractivity contribution < 1.29 is 13.2 Å². The first-order valence-electron chi connectivity index (χ1n) is 7.30. The summed E-state index contributed by atoms with van der Waals surface area (Å²) >= 11 is 0. The first-order valence-corrected chi connectivity index (χ1v) is 7.30. The topological polar surface area (TPSA) is 44.3 Å². The van der Waals surface area contributed by atoms with Crippen molar-refractivity contribution in [2.45, 2.75) is 12.7 Å². The standard InChI is InChI=1S/C16H20F3N5/c1-23(2)12-7-5-6-11(8-12)10-20-15-21-13(16(17,18)19)9-14(22-15)24(3)4/h5-9H,10H2,1-4H3,(H,20,21,22). The molecule has 0 saturated heterocycles. The highest BCUT2D eigenvalue weighted by Crippen LogP contribution is 2.30. The van der Waals surface area contributed by atoms with Gasteiger partial charge in [0.25, 0.3) is 0 Å². The SMILES string of the molecule is CN(C)c1cccc(CNc2nc(N(C)C)cc(C(F)(F)F)n2)c1. The van der Waals surface area contributed by atoms with Crippen LogP contribution in [0, 0.1) is 0 Å². The van der Waals surface area contributed by atoms with Crippen LogP contribution in [0.2, 0.25) is 0 Å². The van der Waals surface area contributed by atoms with E-state index >= 15 is 0 Å². The molecule has 0 fully saturated rings. The predicted octanol–water partition coefficient (Wildman–Crippen LogP) is 3.24. The highest BCUT2D eigenvalue weighted by molar-refractivity contribution is 5.48. The van der Waals surface area contributed by atoms with Gasteiger partial charge in [-0.15, -0.1) is 0 Å². The predicted molar refractivity (Wildman–Crippen MR) is 89.5 cm³/mol. The Kier molecular flexibility index (Phi) is 5.16. The lowest BCUT2D eigenvalue weighted by molar-refractivity contribution is -0.141. The molecule has 0 bridgehead atoms. The lowest BCUT2D eigenvalue weighted by atomic mass is 10.2. The summed E-state index contributed by atoms with van der Waals surface area (Å²) in [5.74, 6) is 0.144. The third-order valence-electron chi connectivity index (χ3n) is 3.34. The van der Waals surface area contributed by atoms with Crippen molar-refractivity contribution in [2.24, 2.45) is 0 Å².